The number of carbonyl (C=O) groups is 1. The van der Waals surface area contributed by atoms with E-state index < -0.39 is 10.2 Å². The molecule has 0 saturated carbocycles. The lowest BCUT2D eigenvalue weighted by atomic mass is 9.85. The van der Waals surface area contributed by atoms with Crippen molar-refractivity contribution in [2.45, 2.75) is 12.3 Å². The molecule has 0 spiro atoms. The summed E-state index contributed by atoms with van der Waals surface area (Å²) < 4.78 is 32.7. The maximum absolute atomic E-state index is 12.2. The highest BCUT2D eigenvalue weighted by atomic mass is 32.2. The summed E-state index contributed by atoms with van der Waals surface area (Å²) in [4.78, 5) is 16.3. The van der Waals surface area contributed by atoms with E-state index in [0.717, 1.165) is 15.4 Å². The minimum absolute atomic E-state index is 0.141. The Kier molecular flexibility index (Phi) is 4.84. The molecule has 9 heteroatoms. The van der Waals surface area contributed by atoms with Gasteiger partial charge < -0.3 is 10.1 Å². The largest absolute Gasteiger partial charge is 0.495 e. The molecule has 0 radical (unpaired) electrons. The summed E-state index contributed by atoms with van der Waals surface area (Å²) in [6.07, 6.45) is 3.59. The number of pyridine rings is 1. The first-order valence-electron chi connectivity index (χ1n) is 7.93. The van der Waals surface area contributed by atoms with Crippen LogP contribution in [0.5, 0.6) is 5.75 Å². The summed E-state index contributed by atoms with van der Waals surface area (Å²) in [5.41, 5.74) is 2.71. The maximum atomic E-state index is 12.2. The zero-order valence-electron chi connectivity index (χ0n) is 14.7. The highest BCUT2D eigenvalue weighted by molar-refractivity contribution is 7.90. The van der Waals surface area contributed by atoms with Crippen LogP contribution in [0.4, 0.5) is 11.4 Å². The Labute approximate surface area is 152 Å². The van der Waals surface area contributed by atoms with Gasteiger partial charge in [-0.3, -0.25) is 14.5 Å². The zero-order chi connectivity index (χ0) is 18.9. The van der Waals surface area contributed by atoms with Crippen molar-refractivity contribution in [3.8, 4) is 5.75 Å². The number of aromatic nitrogens is 1. The SMILES string of the molecule is COc1cncc(C2CC(=O)Nc3cc(NS(=O)(=O)N(C)C)ccc32)c1. The van der Waals surface area contributed by atoms with Crippen molar-refractivity contribution in [2.75, 3.05) is 31.2 Å². The molecule has 2 N–H and O–H groups in total. The van der Waals surface area contributed by atoms with Gasteiger partial charge in [0.1, 0.15) is 5.75 Å². The Hall–Kier alpha value is -2.65. The van der Waals surface area contributed by atoms with Gasteiger partial charge in [0.2, 0.25) is 5.91 Å². The standard InChI is InChI=1S/C17H20N4O4S/c1-21(2)26(23,24)20-12-4-5-14-15(8-17(22)19-16(14)7-12)11-6-13(25-3)10-18-9-11/h4-7,9-10,15,20H,8H2,1-3H3,(H,19,22). The first-order chi connectivity index (χ1) is 12.3. The second-order valence-corrected chi connectivity index (χ2v) is 8.04. The van der Waals surface area contributed by atoms with Gasteiger partial charge in [-0.05, 0) is 29.3 Å². The molecule has 138 valence electrons. The summed E-state index contributed by atoms with van der Waals surface area (Å²) in [6.45, 7) is 0. The van der Waals surface area contributed by atoms with Crippen LogP contribution in [-0.4, -0.2) is 44.8 Å². The Bertz CT molecular complexity index is 944. The van der Waals surface area contributed by atoms with Gasteiger partial charge >= 0.3 is 10.2 Å². The fourth-order valence-electron chi connectivity index (χ4n) is 2.80. The van der Waals surface area contributed by atoms with Crippen LogP contribution in [0, 0.1) is 0 Å². The normalized spacial score (nSPS) is 16.8. The van der Waals surface area contributed by atoms with Gasteiger partial charge in [-0.25, -0.2) is 0 Å². The lowest BCUT2D eigenvalue weighted by Gasteiger charge is -2.26. The minimum Gasteiger partial charge on any atom is -0.495 e. The van der Waals surface area contributed by atoms with E-state index in [1.807, 2.05) is 12.1 Å². The third-order valence-corrected chi connectivity index (χ3v) is 5.65. The molecule has 1 aromatic carbocycles. The van der Waals surface area contributed by atoms with E-state index in [1.54, 1.807) is 31.6 Å². The van der Waals surface area contributed by atoms with Gasteiger partial charge in [0.05, 0.1) is 19.0 Å². The minimum atomic E-state index is -3.62. The van der Waals surface area contributed by atoms with E-state index in [9.17, 15) is 13.2 Å². The van der Waals surface area contributed by atoms with Gasteiger partial charge in [-0.15, -0.1) is 0 Å². The van der Waals surface area contributed by atoms with Crippen LogP contribution >= 0.6 is 0 Å². The Morgan fingerprint density at radius 2 is 2.04 bits per heavy atom. The average molecular weight is 376 g/mol. The number of carbonyl (C=O) groups excluding carboxylic acids is 1. The number of nitrogens with one attached hydrogen (secondary N) is 2. The fraction of sp³-hybridized carbons (Fsp3) is 0.294. The molecular formula is C17H20N4O4S. The topological polar surface area (TPSA) is 101 Å². The first-order valence-corrected chi connectivity index (χ1v) is 9.37. The lowest BCUT2D eigenvalue weighted by Crippen LogP contribution is -2.29. The van der Waals surface area contributed by atoms with Crippen molar-refractivity contribution in [1.82, 2.24) is 9.29 Å². The van der Waals surface area contributed by atoms with Gasteiger partial charge in [-0.1, -0.05) is 6.07 Å². The Balaban J connectivity index is 1.98. The Morgan fingerprint density at radius 3 is 2.73 bits per heavy atom. The van der Waals surface area contributed by atoms with Crippen LogP contribution in [-0.2, 0) is 15.0 Å². The van der Waals surface area contributed by atoms with Crippen molar-refractivity contribution >= 4 is 27.5 Å². The molecule has 0 saturated heterocycles. The number of anilines is 2. The molecule has 1 aliphatic rings. The van der Waals surface area contributed by atoms with Crippen molar-refractivity contribution in [3.63, 3.8) is 0 Å². The number of hydrogen-bond acceptors (Lipinski definition) is 5. The highest BCUT2D eigenvalue weighted by Crippen LogP contribution is 2.39. The summed E-state index contributed by atoms with van der Waals surface area (Å²) in [7, 11) is 0.817. The van der Waals surface area contributed by atoms with E-state index in [2.05, 4.69) is 15.0 Å². The molecule has 0 fully saturated rings. The van der Waals surface area contributed by atoms with Crippen LogP contribution in [0.2, 0.25) is 0 Å². The number of nitrogens with zero attached hydrogens (tertiary/aromatic N) is 2. The number of amides is 1. The molecule has 2 aromatic rings. The van der Waals surface area contributed by atoms with Crippen molar-refractivity contribution < 1.29 is 17.9 Å². The van der Waals surface area contributed by atoms with Crippen LogP contribution in [0.1, 0.15) is 23.5 Å². The molecule has 1 unspecified atom stereocenters. The third kappa shape index (κ3) is 3.63. The molecule has 1 atom stereocenters. The van der Waals surface area contributed by atoms with Gasteiger partial charge in [-0.2, -0.15) is 12.7 Å². The van der Waals surface area contributed by atoms with E-state index in [1.165, 1.54) is 14.1 Å². The quantitative estimate of drug-likeness (QED) is 0.828. The molecule has 1 aromatic heterocycles. The number of fused-ring (bicyclic) bond motifs is 1. The summed E-state index contributed by atoms with van der Waals surface area (Å²) in [5, 5.41) is 2.80. The van der Waals surface area contributed by atoms with Crippen molar-refractivity contribution in [1.29, 1.82) is 0 Å². The second kappa shape index (κ2) is 6.93. The van der Waals surface area contributed by atoms with Gasteiger partial charge in [0.25, 0.3) is 0 Å². The molecule has 0 bridgehead atoms. The molecule has 3 rings (SSSR count). The third-order valence-electron chi connectivity index (χ3n) is 4.19. The number of ether oxygens (including phenoxy) is 1. The van der Waals surface area contributed by atoms with Crippen LogP contribution in [0.15, 0.2) is 36.7 Å². The number of hydrogen-bond donors (Lipinski definition) is 2. The lowest BCUT2D eigenvalue weighted by molar-refractivity contribution is -0.116. The van der Waals surface area contributed by atoms with Crippen LogP contribution in [0.25, 0.3) is 0 Å². The molecule has 0 aliphatic carbocycles. The predicted molar refractivity (Wildman–Crippen MR) is 98.6 cm³/mol. The molecule has 1 amide bonds. The number of benzene rings is 1. The molecule has 1 aliphatic heterocycles. The first kappa shape index (κ1) is 18.2. The van der Waals surface area contributed by atoms with Crippen molar-refractivity contribution in [2.24, 2.45) is 0 Å². The van der Waals surface area contributed by atoms with Gasteiger partial charge in [0, 0.05) is 38.3 Å². The monoisotopic (exact) mass is 376 g/mol. The number of methoxy groups -OCH3 is 1. The summed E-state index contributed by atoms with van der Waals surface area (Å²) in [5.74, 6) is 0.296. The van der Waals surface area contributed by atoms with E-state index in [-0.39, 0.29) is 18.2 Å². The van der Waals surface area contributed by atoms with E-state index in [4.69, 9.17) is 4.74 Å². The number of rotatable bonds is 5. The maximum Gasteiger partial charge on any atom is 0.301 e. The van der Waals surface area contributed by atoms with Crippen LogP contribution in [0.3, 0.4) is 0 Å². The predicted octanol–water partition coefficient (Wildman–Crippen LogP) is 1.78. The van der Waals surface area contributed by atoms with Crippen molar-refractivity contribution in [3.05, 3.63) is 47.8 Å². The zero-order valence-corrected chi connectivity index (χ0v) is 15.5. The second-order valence-electron chi connectivity index (χ2n) is 6.15. The molecule has 26 heavy (non-hydrogen) atoms. The average Bonchev–Trinajstić information content (AvgIpc) is 2.60. The van der Waals surface area contributed by atoms with E-state index >= 15 is 0 Å². The smallest absolute Gasteiger partial charge is 0.301 e. The highest BCUT2D eigenvalue weighted by Gasteiger charge is 2.27. The Morgan fingerprint density at radius 1 is 1.27 bits per heavy atom. The van der Waals surface area contributed by atoms with E-state index in [0.29, 0.717) is 17.1 Å². The molecule has 8 nitrogen and oxygen atoms in total. The van der Waals surface area contributed by atoms with Crippen LogP contribution < -0.4 is 14.8 Å². The molecular weight excluding hydrogens is 356 g/mol. The summed E-state index contributed by atoms with van der Waals surface area (Å²) in [6, 6.07) is 6.96. The molecule has 2 heterocycles. The van der Waals surface area contributed by atoms with Gasteiger partial charge in [0.15, 0.2) is 0 Å². The fourth-order valence-corrected chi connectivity index (χ4v) is 3.41. The summed E-state index contributed by atoms with van der Waals surface area (Å²) >= 11 is 0.